The van der Waals surface area contributed by atoms with Gasteiger partial charge in [0.2, 0.25) is 0 Å². The van der Waals surface area contributed by atoms with E-state index in [1.54, 1.807) is 6.21 Å². The van der Waals surface area contributed by atoms with Crippen LogP contribution in [0.3, 0.4) is 0 Å². The topological polar surface area (TPSA) is 38.4 Å². The van der Waals surface area contributed by atoms with Crippen LogP contribution >= 0.6 is 0 Å². The fourth-order valence-electron chi connectivity index (χ4n) is 0.209. The van der Waals surface area contributed by atoms with Crippen LogP contribution in [0.15, 0.2) is 17.3 Å². The Balaban J connectivity index is 3.14. The van der Waals surface area contributed by atoms with Crippen LogP contribution in [0.25, 0.3) is 0 Å². The zero-order valence-corrected chi connectivity index (χ0v) is 4.52. The zero-order valence-electron chi connectivity index (χ0n) is 4.52. The molecule has 0 saturated heterocycles. The van der Waals surface area contributed by atoms with Gasteiger partial charge in [0.25, 0.3) is 0 Å². The molecule has 40 valence electrons. The molecule has 0 saturated carbocycles. The Morgan fingerprint density at radius 2 is 2.57 bits per heavy atom. The Kier molecular flexibility index (Phi) is 3.02. The monoisotopic (exact) mass is 98.1 g/mol. The third kappa shape index (κ3) is 5.21. The first-order valence-corrected chi connectivity index (χ1v) is 2.13. The Morgan fingerprint density at radius 1 is 2.00 bits per heavy atom. The first kappa shape index (κ1) is 6.21. The first-order chi connectivity index (χ1) is 3.27. The molecule has 7 heavy (non-hydrogen) atoms. The quantitative estimate of drug-likeness (QED) is 0.237. The van der Waals surface area contributed by atoms with Crippen LogP contribution in [-0.4, -0.2) is 6.21 Å². The molecule has 0 aliphatic heterocycles. The Labute approximate surface area is 43.7 Å². The molecule has 0 spiro atoms. The van der Waals surface area contributed by atoms with Crippen LogP contribution in [0, 0.1) is 0 Å². The van der Waals surface area contributed by atoms with E-state index in [2.05, 4.69) is 11.7 Å². The summed E-state index contributed by atoms with van der Waals surface area (Å²) < 4.78 is 0. The van der Waals surface area contributed by atoms with Crippen molar-refractivity contribution in [2.75, 3.05) is 0 Å². The minimum Gasteiger partial charge on any atom is -0.324 e. The van der Waals surface area contributed by atoms with Crippen LogP contribution in [0.2, 0.25) is 0 Å². The summed E-state index contributed by atoms with van der Waals surface area (Å²) in [5, 5.41) is 3.29. The van der Waals surface area contributed by atoms with Crippen LogP contribution in [0.1, 0.15) is 13.3 Å². The van der Waals surface area contributed by atoms with Gasteiger partial charge in [-0.1, -0.05) is 12.2 Å². The van der Waals surface area contributed by atoms with Crippen molar-refractivity contribution in [2.24, 2.45) is 10.9 Å². The molecule has 0 bridgehead atoms. The van der Waals surface area contributed by atoms with E-state index >= 15 is 0 Å². The maximum atomic E-state index is 4.81. The molecule has 0 rings (SSSR count). The third-order valence-electron chi connectivity index (χ3n) is 0.545. The van der Waals surface area contributed by atoms with Gasteiger partial charge in [0, 0.05) is 12.6 Å². The molecule has 0 unspecified atom stereocenters. The molecule has 0 aromatic rings. The van der Waals surface area contributed by atoms with Crippen LogP contribution < -0.4 is 5.84 Å². The van der Waals surface area contributed by atoms with E-state index in [0.717, 1.165) is 12.0 Å². The fraction of sp³-hybridized carbons (Fsp3) is 0.400. The van der Waals surface area contributed by atoms with Crippen LogP contribution in [-0.2, 0) is 0 Å². The second-order valence-electron chi connectivity index (χ2n) is 1.49. The molecule has 0 radical (unpaired) electrons. The summed E-state index contributed by atoms with van der Waals surface area (Å²) in [5.74, 6) is 4.81. The summed E-state index contributed by atoms with van der Waals surface area (Å²) in [6.07, 6.45) is 2.42. The predicted molar refractivity (Wildman–Crippen MR) is 32.1 cm³/mol. The molecule has 0 aromatic carbocycles. The number of rotatable bonds is 2. The second-order valence-corrected chi connectivity index (χ2v) is 1.49. The molecule has 0 aromatic heterocycles. The number of hydrogen-bond acceptors (Lipinski definition) is 2. The summed E-state index contributed by atoms with van der Waals surface area (Å²) >= 11 is 0. The van der Waals surface area contributed by atoms with Crippen molar-refractivity contribution in [1.29, 1.82) is 0 Å². The lowest BCUT2D eigenvalue weighted by Gasteiger charge is -1.83. The number of nitrogens with zero attached hydrogens (tertiary/aromatic N) is 1. The van der Waals surface area contributed by atoms with Gasteiger partial charge in [-0.3, -0.25) is 0 Å². The summed E-state index contributed by atoms with van der Waals surface area (Å²) in [6, 6.07) is 0. The van der Waals surface area contributed by atoms with E-state index in [1.165, 1.54) is 0 Å². The van der Waals surface area contributed by atoms with Gasteiger partial charge in [0.1, 0.15) is 0 Å². The highest BCUT2D eigenvalue weighted by molar-refractivity contribution is 5.59. The predicted octanol–water partition coefficient (Wildman–Crippen LogP) is 0.897. The van der Waals surface area contributed by atoms with E-state index in [0.29, 0.717) is 0 Å². The second kappa shape index (κ2) is 3.40. The van der Waals surface area contributed by atoms with Gasteiger partial charge in [-0.25, -0.2) is 0 Å². The van der Waals surface area contributed by atoms with Gasteiger partial charge in [-0.2, -0.15) is 5.10 Å². The molecular weight excluding hydrogens is 88.1 g/mol. The Morgan fingerprint density at radius 3 is 2.71 bits per heavy atom. The van der Waals surface area contributed by atoms with Gasteiger partial charge >= 0.3 is 0 Å². The molecule has 0 aliphatic rings. The van der Waals surface area contributed by atoms with Crippen molar-refractivity contribution in [3.05, 3.63) is 12.2 Å². The molecule has 2 N–H and O–H groups in total. The van der Waals surface area contributed by atoms with Crippen molar-refractivity contribution in [3.63, 3.8) is 0 Å². The van der Waals surface area contributed by atoms with Gasteiger partial charge in [-0.05, 0) is 6.92 Å². The number of allylic oxidation sites excluding steroid dienone is 1. The molecule has 2 nitrogen and oxygen atoms in total. The van der Waals surface area contributed by atoms with E-state index in [-0.39, 0.29) is 0 Å². The number of hydrogen-bond donors (Lipinski definition) is 1. The maximum absolute atomic E-state index is 4.81. The number of nitrogens with two attached hydrogens (primary N) is 1. The highest BCUT2D eigenvalue weighted by Crippen LogP contribution is 1.88. The number of hydrazone groups is 1. The molecule has 2 heteroatoms. The Bertz CT molecular complexity index is 84.1. The summed E-state index contributed by atoms with van der Waals surface area (Å²) in [5.41, 5.74) is 1.08. The van der Waals surface area contributed by atoms with E-state index < -0.39 is 0 Å². The lowest BCUT2D eigenvalue weighted by Crippen LogP contribution is -1.82. The lowest BCUT2D eigenvalue weighted by atomic mass is 10.3. The van der Waals surface area contributed by atoms with E-state index in [1.807, 2.05) is 6.92 Å². The third-order valence-corrected chi connectivity index (χ3v) is 0.545. The molecule has 0 amide bonds. The van der Waals surface area contributed by atoms with Gasteiger partial charge < -0.3 is 5.84 Å². The summed E-state index contributed by atoms with van der Waals surface area (Å²) in [4.78, 5) is 0. The minimum absolute atomic E-state index is 0.788. The van der Waals surface area contributed by atoms with Crippen molar-refractivity contribution in [1.82, 2.24) is 0 Å². The average Bonchev–Trinajstić information content (AvgIpc) is 1.61. The van der Waals surface area contributed by atoms with Crippen molar-refractivity contribution in [3.8, 4) is 0 Å². The van der Waals surface area contributed by atoms with Crippen molar-refractivity contribution >= 4 is 6.21 Å². The molecular formula is C5H10N2. The Hall–Kier alpha value is -0.790. The molecule has 0 aliphatic carbocycles. The smallest absolute Gasteiger partial charge is 0.0280 e. The lowest BCUT2D eigenvalue weighted by molar-refractivity contribution is 1.21. The van der Waals surface area contributed by atoms with Crippen LogP contribution in [0.4, 0.5) is 0 Å². The standard InChI is InChI=1S/C5H10N2/c1-5(2)3-4-7-6/h4H,1,3,6H2,2H3/b7-4-. The molecule has 0 heterocycles. The maximum Gasteiger partial charge on any atom is 0.0280 e. The molecule has 0 fully saturated rings. The van der Waals surface area contributed by atoms with Gasteiger partial charge in [0.05, 0.1) is 0 Å². The summed E-state index contributed by atoms with van der Waals surface area (Å²) in [6.45, 7) is 5.58. The fourth-order valence-corrected chi connectivity index (χ4v) is 0.209. The normalized spacial score (nSPS) is 9.86. The minimum atomic E-state index is 0.788. The highest BCUT2D eigenvalue weighted by Gasteiger charge is 1.75. The average molecular weight is 98.1 g/mol. The zero-order chi connectivity index (χ0) is 5.70. The largest absolute Gasteiger partial charge is 0.324 e. The van der Waals surface area contributed by atoms with E-state index in [9.17, 15) is 0 Å². The highest BCUT2D eigenvalue weighted by atomic mass is 15.1. The first-order valence-electron chi connectivity index (χ1n) is 2.13. The van der Waals surface area contributed by atoms with Gasteiger partial charge in [0.15, 0.2) is 0 Å². The molecule has 0 atom stereocenters. The van der Waals surface area contributed by atoms with E-state index in [4.69, 9.17) is 5.84 Å². The van der Waals surface area contributed by atoms with Gasteiger partial charge in [-0.15, -0.1) is 0 Å². The summed E-state index contributed by atoms with van der Waals surface area (Å²) in [7, 11) is 0. The van der Waals surface area contributed by atoms with Crippen molar-refractivity contribution < 1.29 is 0 Å². The van der Waals surface area contributed by atoms with Crippen LogP contribution in [0.5, 0.6) is 0 Å². The van der Waals surface area contributed by atoms with Crippen molar-refractivity contribution in [2.45, 2.75) is 13.3 Å². The SMILES string of the molecule is C=C(C)C/C=N\N.